The van der Waals surface area contributed by atoms with E-state index in [4.69, 9.17) is 4.74 Å². The Morgan fingerprint density at radius 1 is 1.03 bits per heavy atom. The van der Waals surface area contributed by atoms with Gasteiger partial charge >= 0.3 is 5.97 Å². The van der Waals surface area contributed by atoms with Crippen LogP contribution in [-0.4, -0.2) is 45.9 Å². The number of halogens is 1. The number of amides is 2. The second-order valence-electron chi connectivity index (χ2n) is 9.48. The van der Waals surface area contributed by atoms with Gasteiger partial charge in [-0.25, -0.2) is 13.9 Å². The van der Waals surface area contributed by atoms with Crippen LogP contribution in [0.15, 0.2) is 72.8 Å². The lowest BCUT2D eigenvalue weighted by Gasteiger charge is -2.32. The summed E-state index contributed by atoms with van der Waals surface area (Å²) in [7, 11) is 1.28. The highest BCUT2D eigenvalue weighted by Crippen LogP contribution is 2.30. The Morgan fingerprint density at radius 3 is 2.41 bits per heavy atom. The highest BCUT2D eigenvalue weighted by Gasteiger charge is 2.35. The SMILES string of the molecule is COC(=O)c1ccc(N(C(=O)Cn2nnc3ccccc32)[C@H](C(=O)NC2CCCC2)c2ccc(F)cc2)cc1. The van der Waals surface area contributed by atoms with Gasteiger partial charge in [-0.3, -0.25) is 14.5 Å². The van der Waals surface area contributed by atoms with Crippen molar-refractivity contribution < 1.29 is 23.5 Å². The van der Waals surface area contributed by atoms with Crippen LogP contribution in [0.2, 0.25) is 0 Å². The molecule has 0 spiro atoms. The average molecular weight is 530 g/mol. The van der Waals surface area contributed by atoms with E-state index < -0.39 is 23.7 Å². The van der Waals surface area contributed by atoms with Gasteiger partial charge in [0.1, 0.15) is 23.9 Å². The molecule has 39 heavy (non-hydrogen) atoms. The molecule has 3 aromatic carbocycles. The van der Waals surface area contributed by atoms with Crippen LogP contribution in [0.25, 0.3) is 11.0 Å². The zero-order chi connectivity index (χ0) is 27.4. The monoisotopic (exact) mass is 529 g/mol. The maximum Gasteiger partial charge on any atom is 0.337 e. The Morgan fingerprint density at radius 2 is 1.72 bits per heavy atom. The van der Waals surface area contributed by atoms with Gasteiger partial charge in [0.05, 0.1) is 18.2 Å². The Hall–Kier alpha value is -4.60. The van der Waals surface area contributed by atoms with E-state index >= 15 is 0 Å². The molecule has 0 aliphatic heterocycles. The highest BCUT2D eigenvalue weighted by atomic mass is 19.1. The molecule has 200 valence electrons. The van der Waals surface area contributed by atoms with Crippen molar-refractivity contribution in [2.75, 3.05) is 12.0 Å². The molecular formula is C29H28FN5O4. The molecule has 0 saturated heterocycles. The van der Waals surface area contributed by atoms with Crippen molar-refractivity contribution >= 4 is 34.5 Å². The van der Waals surface area contributed by atoms with Crippen molar-refractivity contribution in [1.29, 1.82) is 0 Å². The minimum absolute atomic E-state index is 0.00152. The molecule has 1 fully saturated rings. The molecule has 10 heteroatoms. The Labute approximate surface area is 224 Å². The number of para-hydroxylation sites is 1. The maximum atomic E-state index is 14.0. The van der Waals surface area contributed by atoms with Crippen LogP contribution in [0.5, 0.6) is 0 Å². The molecule has 0 radical (unpaired) electrons. The molecule has 1 aliphatic rings. The number of fused-ring (bicyclic) bond motifs is 1. The van der Waals surface area contributed by atoms with Crippen LogP contribution in [0.1, 0.15) is 47.6 Å². The van der Waals surface area contributed by atoms with Crippen molar-refractivity contribution in [3.05, 3.63) is 89.7 Å². The first-order chi connectivity index (χ1) is 18.9. The third-order valence-corrected chi connectivity index (χ3v) is 6.93. The molecule has 0 unspecified atom stereocenters. The Kier molecular flexibility index (Phi) is 7.62. The minimum atomic E-state index is -1.10. The van der Waals surface area contributed by atoms with Crippen LogP contribution < -0.4 is 10.2 Å². The number of aromatic nitrogens is 3. The van der Waals surface area contributed by atoms with E-state index in [1.807, 2.05) is 18.2 Å². The van der Waals surface area contributed by atoms with Gasteiger partial charge in [-0.1, -0.05) is 42.3 Å². The van der Waals surface area contributed by atoms with Crippen molar-refractivity contribution in [2.24, 2.45) is 0 Å². The van der Waals surface area contributed by atoms with Crippen molar-refractivity contribution in [2.45, 2.75) is 44.3 Å². The first kappa shape index (κ1) is 26.0. The van der Waals surface area contributed by atoms with Crippen molar-refractivity contribution in [3.8, 4) is 0 Å². The van der Waals surface area contributed by atoms with E-state index in [1.54, 1.807) is 18.2 Å². The molecule has 2 amide bonds. The van der Waals surface area contributed by atoms with Gasteiger partial charge in [0.15, 0.2) is 0 Å². The number of esters is 1. The zero-order valence-corrected chi connectivity index (χ0v) is 21.4. The number of nitrogens with one attached hydrogen (secondary N) is 1. The number of nitrogens with zero attached hydrogens (tertiary/aromatic N) is 4. The number of rotatable bonds is 8. The van der Waals surface area contributed by atoms with Crippen LogP contribution >= 0.6 is 0 Å². The molecule has 1 heterocycles. The average Bonchev–Trinajstić information content (AvgIpc) is 3.62. The molecular weight excluding hydrogens is 501 g/mol. The smallest absolute Gasteiger partial charge is 0.337 e. The lowest BCUT2D eigenvalue weighted by Crippen LogP contribution is -2.47. The van der Waals surface area contributed by atoms with E-state index in [1.165, 1.54) is 53.1 Å². The molecule has 1 aromatic heterocycles. The molecule has 1 saturated carbocycles. The van der Waals surface area contributed by atoms with E-state index in [9.17, 15) is 18.8 Å². The summed E-state index contributed by atoms with van der Waals surface area (Å²) >= 11 is 0. The fourth-order valence-electron chi connectivity index (χ4n) is 4.96. The second-order valence-corrected chi connectivity index (χ2v) is 9.48. The molecule has 1 atom stereocenters. The molecule has 9 nitrogen and oxygen atoms in total. The van der Waals surface area contributed by atoms with Gasteiger partial charge in [-0.05, 0) is 66.9 Å². The van der Waals surface area contributed by atoms with E-state index in [0.717, 1.165) is 25.7 Å². The summed E-state index contributed by atoms with van der Waals surface area (Å²) in [5.74, 6) is -1.79. The number of hydrogen-bond acceptors (Lipinski definition) is 6. The van der Waals surface area contributed by atoms with Crippen LogP contribution in [0.3, 0.4) is 0 Å². The van der Waals surface area contributed by atoms with Crippen LogP contribution in [-0.2, 0) is 20.9 Å². The molecule has 4 aromatic rings. The van der Waals surface area contributed by atoms with E-state index in [-0.39, 0.29) is 18.5 Å². The van der Waals surface area contributed by atoms with Gasteiger partial charge in [-0.2, -0.15) is 0 Å². The molecule has 0 bridgehead atoms. The summed E-state index contributed by atoms with van der Waals surface area (Å²) in [5, 5.41) is 11.4. The minimum Gasteiger partial charge on any atom is -0.465 e. The highest BCUT2D eigenvalue weighted by molar-refractivity contribution is 6.02. The van der Waals surface area contributed by atoms with Gasteiger partial charge in [-0.15, -0.1) is 5.10 Å². The fourth-order valence-corrected chi connectivity index (χ4v) is 4.96. The standard InChI is InChI=1S/C29H28FN5O4/c1-39-29(38)20-12-16-23(17-13-20)35(26(36)18-34-25-9-5-4-8-24(25)32-33-34)27(19-10-14-21(30)15-11-19)28(37)31-22-6-2-3-7-22/h4-5,8-17,22,27H,2-3,6-7,18H2,1H3,(H,31,37)/t27-/m0/s1. The number of methoxy groups -OCH3 is 1. The number of ether oxygens (including phenoxy) is 1. The van der Waals surface area contributed by atoms with Crippen LogP contribution in [0.4, 0.5) is 10.1 Å². The second kappa shape index (κ2) is 11.4. The summed E-state index contributed by atoms with van der Waals surface area (Å²) < 4.78 is 20.1. The summed E-state index contributed by atoms with van der Waals surface area (Å²) in [5.41, 5.74) is 2.42. The first-order valence-electron chi connectivity index (χ1n) is 12.8. The normalized spacial score (nSPS) is 14.2. The third-order valence-electron chi connectivity index (χ3n) is 6.93. The van der Waals surface area contributed by atoms with Gasteiger partial charge < -0.3 is 10.1 Å². The topological polar surface area (TPSA) is 106 Å². The Balaban J connectivity index is 1.57. The predicted octanol–water partition coefficient (Wildman–Crippen LogP) is 4.19. The van der Waals surface area contributed by atoms with Gasteiger partial charge in [0.25, 0.3) is 0 Å². The number of hydrogen-bond donors (Lipinski definition) is 1. The third kappa shape index (κ3) is 5.64. The number of anilines is 1. The summed E-state index contributed by atoms with van der Waals surface area (Å²) in [4.78, 5) is 41.3. The number of carbonyl (C=O) groups excluding carboxylic acids is 3. The van der Waals surface area contributed by atoms with E-state index in [0.29, 0.717) is 27.8 Å². The molecule has 5 rings (SSSR count). The summed E-state index contributed by atoms with van der Waals surface area (Å²) in [6.07, 6.45) is 3.75. The van der Waals surface area contributed by atoms with E-state index in [2.05, 4.69) is 15.6 Å². The summed E-state index contributed by atoms with van der Waals surface area (Å²) in [6.45, 7) is -0.201. The molecule has 1 N–H and O–H groups in total. The fraction of sp³-hybridized carbons (Fsp3) is 0.276. The lowest BCUT2D eigenvalue weighted by molar-refractivity contribution is -0.127. The zero-order valence-electron chi connectivity index (χ0n) is 21.4. The number of carbonyl (C=O) groups is 3. The lowest BCUT2D eigenvalue weighted by atomic mass is 10.0. The van der Waals surface area contributed by atoms with Gasteiger partial charge in [0.2, 0.25) is 11.8 Å². The molecule has 1 aliphatic carbocycles. The number of benzene rings is 3. The van der Waals surface area contributed by atoms with Crippen LogP contribution in [0, 0.1) is 5.82 Å². The largest absolute Gasteiger partial charge is 0.465 e. The predicted molar refractivity (Wildman–Crippen MR) is 142 cm³/mol. The van der Waals surface area contributed by atoms with Gasteiger partial charge in [0, 0.05) is 11.7 Å². The Bertz CT molecular complexity index is 1480. The van der Waals surface area contributed by atoms with Crippen molar-refractivity contribution in [3.63, 3.8) is 0 Å². The maximum absolute atomic E-state index is 14.0. The quantitative estimate of drug-likeness (QED) is 0.343. The first-order valence-corrected chi connectivity index (χ1v) is 12.8. The summed E-state index contributed by atoms with van der Waals surface area (Å²) in [6, 6.07) is 17.9. The van der Waals surface area contributed by atoms with Crippen molar-refractivity contribution in [1.82, 2.24) is 20.3 Å².